The van der Waals surface area contributed by atoms with E-state index in [1.807, 2.05) is 20.8 Å². The van der Waals surface area contributed by atoms with E-state index in [0.717, 1.165) is 11.3 Å². The lowest BCUT2D eigenvalue weighted by Crippen LogP contribution is -2.57. The Morgan fingerprint density at radius 3 is 2.61 bits per heavy atom. The molecule has 0 saturated heterocycles. The van der Waals surface area contributed by atoms with E-state index in [-0.39, 0.29) is 23.1 Å². The summed E-state index contributed by atoms with van der Waals surface area (Å²) in [5.74, 6) is -0.925. The van der Waals surface area contributed by atoms with E-state index in [9.17, 15) is 9.90 Å². The highest BCUT2D eigenvalue weighted by atomic mass is 16.4. The van der Waals surface area contributed by atoms with Gasteiger partial charge in [0.2, 0.25) is 0 Å². The summed E-state index contributed by atoms with van der Waals surface area (Å²) in [6.45, 7) is 5.96. The molecule has 1 aromatic carbocycles. The number of carboxylic acids is 1. The second kappa shape index (κ2) is 4.28. The fourth-order valence-corrected chi connectivity index (χ4v) is 2.25. The number of aliphatic hydroxyl groups is 1. The van der Waals surface area contributed by atoms with Crippen molar-refractivity contribution in [3.8, 4) is 0 Å². The number of anilines is 1. The van der Waals surface area contributed by atoms with Gasteiger partial charge in [-0.25, -0.2) is 4.79 Å². The predicted molar refractivity (Wildman–Crippen MR) is 70.0 cm³/mol. The number of aliphatic hydroxyl groups excluding tert-OH is 1. The van der Waals surface area contributed by atoms with Crippen molar-refractivity contribution in [1.82, 2.24) is 0 Å². The van der Waals surface area contributed by atoms with Crippen LogP contribution < -0.4 is 5.32 Å². The average molecular weight is 249 g/mol. The number of carboxylic acid groups (broad SMARTS) is 1. The molecule has 2 atom stereocenters. The van der Waals surface area contributed by atoms with E-state index >= 15 is 0 Å². The van der Waals surface area contributed by atoms with Gasteiger partial charge in [-0.3, -0.25) is 0 Å². The van der Waals surface area contributed by atoms with Crippen molar-refractivity contribution in [2.45, 2.75) is 39.3 Å². The molecule has 4 heteroatoms. The van der Waals surface area contributed by atoms with Gasteiger partial charge in [0, 0.05) is 17.1 Å². The lowest BCUT2D eigenvalue weighted by atomic mass is 9.64. The first-order valence-corrected chi connectivity index (χ1v) is 6.11. The molecule has 98 valence electrons. The van der Waals surface area contributed by atoms with Gasteiger partial charge in [-0.15, -0.1) is 0 Å². The van der Waals surface area contributed by atoms with Gasteiger partial charge in [-0.1, -0.05) is 19.9 Å². The first-order valence-electron chi connectivity index (χ1n) is 6.11. The number of aryl methyl sites for hydroxylation is 1. The summed E-state index contributed by atoms with van der Waals surface area (Å²) in [7, 11) is 0. The van der Waals surface area contributed by atoms with Gasteiger partial charge >= 0.3 is 5.97 Å². The van der Waals surface area contributed by atoms with Crippen molar-refractivity contribution in [2.24, 2.45) is 5.41 Å². The molecule has 1 saturated carbocycles. The fraction of sp³-hybridized carbons (Fsp3) is 0.500. The van der Waals surface area contributed by atoms with Crippen LogP contribution in [0.1, 0.15) is 36.2 Å². The Hall–Kier alpha value is -1.55. The van der Waals surface area contributed by atoms with E-state index in [1.165, 1.54) is 0 Å². The van der Waals surface area contributed by atoms with Crippen LogP contribution in [-0.2, 0) is 0 Å². The van der Waals surface area contributed by atoms with Crippen molar-refractivity contribution in [3.63, 3.8) is 0 Å². The van der Waals surface area contributed by atoms with E-state index in [1.54, 1.807) is 18.2 Å². The van der Waals surface area contributed by atoms with Gasteiger partial charge in [0.15, 0.2) is 0 Å². The van der Waals surface area contributed by atoms with Gasteiger partial charge < -0.3 is 15.5 Å². The maximum absolute atomic E-state index is 10.9. The molecule has 1 aromatic rings. The zero-order valence-corrected chi connectivity index (χ0v) is 10.9. The van der Waals surface area contributed by atoms with Crippen LogP contribution in [0.25, 0.3) is 0 Å². The molecule has 1 aliphatic carbocycles. The third-order valence-corrected chi connectivity index (χ3v) is 4.03. The van der Waals surface area contributed by atoms with Crippen LogP contribution >= 0.6 is 0 Å². The summed E-state index contributed by atoms with van der Waals surface area (Å²) in [5.41, 5.74) is 1.95. The second-order valence-corrected chi connectivity index (χ2v) is 5.60. The molecule has 2 unspecified atom stereocenters. The van der Waals surface area contributed by atoms with Crippen molar-refractivity contribution < 1.29 is 15.0 Å². The lowest BCUT2D eigenvalue weighted by molar-refractivity contribution is -0.0510. The number of rotatable bonds is 3. The number of nitrogens with one attached hydrogen (secondary N) is 1. The normalized spacial score (nSPS) is 25.3. The third kappa shape index (κ3) is 2.08. The molecule has 0 bridgehead atoms. The van der Waals surface area contributed by atoms with Crippen molar-refractivity contribution >= 4 is 11.7 Å². The first kappa shape index (κ1) is 12.9. The Bertz CT molecular complexity index is 482. The average Bonchev–Trinajstić information content (AvgIpc) is 2.30. The van der Waals surface area contributed by atoms with Crippen LogP contribution in [-0.4, -0.2) is 28.3 Å². The predicted octanol–water partition coefficient (Wildman–Crippen LogP) is 2.26. The van der Waals surface area contributed by atoms with Crippen LogP contribution in [0.2, 0.25) is 0 Å². The quantitative estimate of drug-likeness (QED) is 0.768. The van der Waals surface area contributed by atoms with Crippen LogP contribution in [0.4, 0.5) is 5.69 Å². The Morgan fingerprint density at radius 1 is 1.44 bits per heavy atom. The maximum Gasteiger partial charge on any atom is 0.335 e. The molecule has 0 aliphatic heterocycles. The van der Waals surface area contributed by atoms with Crippen molar-refractivity contribution in [1.29, 1.82) is 0 Å². The molecule has 0 heterocycles. The summed E-state index contributed by atoms with van der Waals surface area (Å²) >= 11 is 0. The molecule has 2 rings (SSSR count). The number of hydrogen-bond acceptors (Lipinski definition) is 3. The van der Waals surface area contributed by atoms with Gasteiger partial charge in [-0.2, -0.15) is 0 Å². The van der Waals surface area contributed by atoms with Gasteiger partial charge in [0.25, 0.3) is 0 Å². The summed E-state index contributed by atoms with van der Waals surface area (Å²) in [5, 5.41) is 22.0. The standard InChI is InChI=1S/C14H19NO3/c1-8-4-5-9(13(17)18)6-10(8)15-11-7-12(16)14(11,2)3/h4-6,11-12,15-16H,7H2,1-3H3,(H,17,18). The summed E-state index contributed by atoms with van der Waals surface area (Å²) in [6.07, 6.45) is 0.405. The van der Waals surface area contributed by atoms with Crippen LogP contribution in [0.5, 0.6) is 0 Å². The van der Waals surface area contributed by atoms with Gasteiger partial charge in [-0.05, 0) is 31.0 Å². The topological polar surface area (TPSA) is 69.6 Å². The van der Waals surface area contributed by atoms with Crippen LogP contribution in [0, 0.1) is 12.3 Å². The number of aromatic carboxylic acids is 1. The van der Waals surface area contributed by atoms with Crippen molar-refractivity contribution in [2.75, 3.05) is 5.32 Å². The molecule has 3 N–H and O–H groups in total. The van der Waals surface area contributed by atoms with E-state index < -0.39 is 5.97 Å². The zero-order chi connectivity index (χ0) is 13.5. The Labute approximate surface area is 107 Å². The highest BCUT2D eigenvalue weighted by molar-refractivity contribution is 5.89. The minimum atomic E-state index is -0.925. The Balaban J connectivity index is 2.19. The van der Waals surface area contributed by atoms with E-state index in [4.69, 9.17) is 5.11 Å². The number of carbonyl (C=O) groups is 1. The minimum absolute atomic E-state index is 0.175. The van der Waals surface area contributed by atoms with Gasteiger partial charge in [0.05, 0.1) is 11.7 Å². The highest BCUT2D eigenvalue weighted by Crippen LogP contribution is 2.42. The fourth-order valence-electron chi connectivity index (χ4n) is 2.25. The van der Waals surface area contributed by atoms with E-state index in [0.29, 0.717) is 6.42 Å². The molecule has 4 nitrogen and oxygen atoms in total. The molecule has 0 radical (unpaired) electrons. The molecule has 0 aromatic heterocycles. The largest absolute Gasteiger partial charge is 0.478 e. The second-order valence-electron chi connectivity index (χ2n) is 5.60. The van der Waals surface area contributed by atoms with Crippen LogP contribution in [0.3, 0.4) is 0 Å². The molecular formula is C14H19NO3. The summed E-state index contributed by atoms with van der Waals surface area (Å²) in [4.78, 5) is 10.9. The Kier molecular flexibility index (Phi) is 3.07. The Morgan fingerprint density at radius 2 is 2.11 bits per heavy atom. The third-order valence-electron chi connectivity index (χ3n) is 4.03. The van der Waals surface area contributed by atoms with E-state index in [2.05, 4.69) is 5.32 Å². The molecule has 1 fully saturated rings. The number of hydrogen-bond donors (Lipinski definition) is 3. The molecule has 1 aliphatic rings. The molecule has 0 spiro atoms. The maximum atomic E-state index is 10.9. The van der Waals surface area contributed by atoms with Gasteiger partial charge in [0.1, 0.15) is 0 Å². The zero-order valence-electron chi connectivity index (χ0n) is 10.9. The highest BCUT2D eigenvalue weighted by Gasteiger charge is 2.47. The monoisotopic (exact) mass is 249 g/mol. The summed E-state index contributed by atoms with van der Waals surface area (Å²) < 4.78 is 0. The van der Waals surface area contributed by atoms with Crippen molar-refractivity contribution in [3.05, 3.63) is 29.3 Å². The number of benzene rings is 1. The summed E-state index contributed by atoms with van der Waals surface area (Å²) in [6, 6.07) is 5.23. The van der Waals surface area contributed by atoms with Crippen LogP contribution in [0.15, 0.2) is 18.2 Å². The lowest BCUT2D eigenvalue weighted by Gasteiger charge is -2.50. The SMILES string of the molecule is Cc1ccc(C(=O)O)cc1NC1CC(O)C1(C)C. The molecular weight excluding hydrogens is 230 g/mol. The molecule has 18 heavy (non-hydrogen) atoms. The minimum Gasteiger partial charge on any atom is -0.478 e. The first-order chi connectivity index (χ1) is 8.32. The molecule has 0 amide bonds. The smallest absolute Gasteiger partial charge is 0.335 e.